The number of hydrogen-bond acceptors (Lipinski definition) is 2. The van der Waals surface area contributed by atoms with E-state index in [9.17, 15) is 0 Å². The second-order valence-electron chi connectivity index (χ2n) is 4.19. The summed E-state index contributed by atoms with van der Waals surface area (Å²) < 4.78 is 0. The molecule has 0 amide bonds. The first-order valence-corrected chi connectivity index (χ1v) is 6.16. The highest BCUT2D eigenvalue weighted by Gasteiger charge is 2.07. The van der Waals surface area contributed by atoms with Crippen LogP contribution < -0.4 is 5.90 Å². The van der Waals surface area contributed by atoms with Crippen molar-refractivity contribution in [1.82, 2.24) is 0 Å². The lowest BCUT2D eigenvalue weighted by Crippen LogP contribution is -2.13. The maximum absolute atomic E-state index is 5.13. The standard InChI is InChI=1S/C12H27NO/c1-3-5-7-8-10-12(11-14-13)9-6-4-2/h12H,3-11,13H2,1-2H3. The van der Waals surface area contributed by atoms with E-state index in [4.69, 9.17) is 10.7 Å². The topological polar surface area (TPSA) is 35.2 Å². The summed E-state index contributed by atoms with van der Waals surface area (Å²) in [6.07, 6.45) is 10.5. The summed E-state index contributed by atoms with van der Waals surface area (Å²) in [6.45, 7) is 5.22. The van der Waals surface area contributed by atoms with Crippen molar-refractivity contribution in [2.45, 2.75) is 65.2 Å². The van der Waals surface area contributed by atoms with Gasteiger partial charge in [0.2, 0.25) is 0 Å². The van der Waals surface area contributed by atoms with Crippen LogP contribution in [0.25, 0.3) is 0 Å². The Morgan fingerprint density at radius 1 is 0.929 bits per heavy atom. The van der Waals surface area contributed by atoms with Crippen LogP contribution >= 0.6 is 0 Å². The molecule has 0 aromatic heterocycles. The van der Waals surface area contributed by atoms with E-state index >= 15 is 0 Å². The van der Waals surface area contributed by atoms with Gasteiger partial charge in [-0.3, -0.25) is 0 Å². The Labute approximate surface area is 89.2 Å². The normalized spacial score (nSPS) is 13.1. The molecule has 0 aromatic carbocycles. The SMILES string of the molecule is CCCCCCC(CCCC)CON. The van der Waals surface area contributed by atoms with E-state index < -0.39 is 0 Å². The van der Waals surface area contributed by atoms with E-state index in [1.165, 1.54) is 51.4 Å². The van der Waals surface area contributed by atoms with Crippen molar-refractivity contribution < 1.29 is 4.84 Å². The first kappa shape index (κ1) is 13.9. The fourth-order valence-electron chi connectivity index (χ4n) is 1.80. The fourth-order valence-corrected chi connectivity index (χ4v) is 1.80. The van der Waals surface area contributed by atoms with Gasteiger partial charge in [-0.05, 0) is 18.8 Å². The van der Waals surface area contributed by atoms with Gasteiger partial charge < -0.3 is 4.84 Å². The first-order chi connectivity index (χ1) is 6.85. The van der Waals surface area contributed by atoms with Gasteiger partial charge in [-0.15, -0.1) is 0 Å². The molecule has 86 valence electrons. The third kappa shape index (κ3) is 8.52. The molecule has 0 saturated carbocycles. The summed E-state index contributed by atoms with van der Waals surface area (Å²) >= 11 is 0. The van der Waals surface area contributed by atoms with Crippen LogP contribution in [0, 0.1) is 5.92 Å². The Bertz CT molecular complexity index is 106. The maximum Gasteiger partial charge on any atom is 0.0707 e. The van der Waals surface area contributed by atoms with Crippen molar-refractivity contribution in [2.75, 3.05) is 6.61 Å². The molecule has 1 unspecified atom stereocenters. The molecule has 0 spiro atoms. The molecule has 2 N–H and O–H groups in total. The highest BCUT2D eigenvalue weighted by molar-refractivity contribution is 4.58. The van der Waals surface area contributed by atoms with Crippen molar-refractivity contribution in [1.29, 1.82) is 0 Å². The molecule has 0 saturated heterocycles. The Morgan fingerprint density at radius 3 is 2.14 bits per heavy atom. The van der Waals surface area contributed by atoms with Gasteiger partial charge in [0.25, 0.3) is 0 Å². The predicted octanol–water partition coefficient (Wildman–Crippen LogP) is 3.65. The third-order valence-electron chi connectivity index (χ3n) is 2.76. The zero-order valence-corrected chi connectivity index (χ0v) is 9.93. The Hall–Kier alpha value is -0.0800. The van der Waals surface area contributed by atoms with Crippen molar-refractivity contribution in [3.63, 3.8) is 0 Å². The van der Waals surface area contributed by atoms with Gasteiger partial charge in [-0.2, -0.15) is 0 Å². The van der Waals surface area contributed by atoms with Crippen LogP contribution in [0.2, 0.25) is 0 Å². The van der Waals surface area contributed by atoms with Crippen LogP contribution in [0.5, 0.6) is 0 Å². The minimum Gasteiger partial charge on any atom is -0.304 e. The first-order valence-electron chi connectivity index (χ1n) is 6.16. The second kappa shape index (κ2) is 11.0. The Morgan fingerprint density at radius 2 is 1.57 bits per heavy atom. The number of nitrogens with two attached hydrogens (primary N) is 1. The van der Waals surface area contributed by atoms with Crippen molar-refractivity contribution in [2.24, 2.45) is 11.8 Å². The van der Waals surface area contributed by atoms with Crippen LogP contribution in [-0.2, 0) is 4.84 Å². The molecular weight excluding hydrogens is 174 g/mol. The highest BCUT2D eigenvalue weighted by atomic mass is 16.6. The number of unbranched alkanes of at least 4 members (excludes halogenated alkanes) is 4. The molecule has 14 heavy (non-hydrogen) atoms. The lowest BCUT2D eigenvalue weighted by Gasteiger charge is -2.14. The Balaban J connectivity index is 3.40. The lowest BCUT2D eigenvalue weighted by atomic mass is 9.96. The summed E-state index contributed by atoms with van der Waals surface area (Å²) in [5, 5.41) is 0. The minimum absolute atomic E-state index is 0.691. The monoisotopic (exact) mass is 201 g/mol. The fraction of sp³-hybridized carbons (Fsp3) is 1.00. The molecule has 2 nitrogen and oxygen atoms in total. The number of rotatable bonds is 10. The van der Waals surface area contributed by atoms with Gasteiger partial charge in [0.1, 0.15) is 0 Å². The number of hydrogen-bond donors (Lipinski definition) is 1. The second-order valence-corrected chi connectivity index (χ2v) is 4.19. The molecule has 0 heterocycles. The van der Waals surface area contributed by atoms with Crippen LogP contribution in [0.1, 0.15) is 65.2 Å². The van der Waals surface area contributed by atoms with Crippen molar-refractivity contribution >= 4 is 0 Å². The summed E-state index contributed by atoms with van der Waals surface area (Å²) in [7, 11) is 0. The van der Waals surface area contributed by atoms with Gasteiger partial charge in [-0.1, -0.05) is 52.4 Å². The summed E-state index contributed by atoms with van der Waals surface area (Å²) in [6, 6.07) is 0. The van der Waals surface area contributed by atoms with Crippen molar-refractivity contribution in [3.05, 3.63) is 0 Å². The zero-order chi connectivity index (χ0) is 10.6. The quantitative estimate of drug-likeness (QED) is 0.432. The van der Waals surface area contributed by atoms with E-state index in [-0.39, 0.29) is 0 Å². The highest BCUT2D eigenvalue weighted by Crippen LogP contribution is 2.17. The summed E-state index contributed by atoms with van der Waals surface area (Å²) in [5.74, 6) is 5.82. The molecular formula is C12H27NO. The van der Waals surface area contributed by atoms with Crippen LogP contribution in [-0.4, -0.2) is 6.61 Å². The molecule has 2 heteroatoms. The summed E-state index contributed by atoms with van der Waals surface area (Å²) in [4.78, 5) is 4.76. The van der Waals surface area contributed by atoms with E-state index in [1.807, 2.05) is 0 Å². The largest absolute Gasteiger partial charge is 0.304 e. The van der Waals surface area contributed by atoms with Gasteiger partial charge in [-0.25, -0.2) is 5.90 Å². The molecule has 0 aromatic rings. The molecule has 0 rings (SSSR count). The van der Waals surface area contributed by atoms with E-state index in [0.717, 1.165) is 6.61 Å². The molecule has 1 atom stereocenters. The van der Waals surface area contributed by atoms with Crippen LogP contribution in [0.3, 0.4) is 0 Å². The molecule has 0 aliphatic rings. The van der Waals surface area contributed by atoms with E-state index in [1.54, 1.807) is 0 Å². The lowest BCUT2D eigenvalue weighted by molar-refractivity contribution is 0.0927. The average Bonchev–Trinajstić information content (AvgIpc) is 2.20. The van der Waals surface area contributed by atoms with Crippen LogP contribution in [0.4, 0.5) is 0 Å². The van der Waals surface area contributed by atoms with Gasteiger partial charge >= 0.3 is 0 Å². The zero-order valence-electron chi connectivity index (χ0n) is 9.93. The average molecular weight is 201 g/mol. The molecule has 0 aliphatic carbocycles. The van der Waals surface area contributed by atoms with Gasteiger partial charge in [0.05, 0.1) is 6.61 Å². The van der Waals surface area contributed by atoms with Crippen LogP contribution in [0.15, 0.2) is 0 Å². The maximum atomic E-state index is 5.13. The molecule has 0 fully saturated rings. The third-order valence-corrected chi connectivity index (χ3v) is 2.76. The van der Waals surface area contributed by atoms with E-state index in [2.05, 4.69) is 13.8 Å². The minimum atomic E-state index is 0.691. The Kier molecular flexibility index (Phi) is 10.9. The molecule has 0 aliphatic heterocycles. The van der Waals surface area contributed by atoms with Gasteiger partial charge in [0.15, 0.2) is 0 Å². The molecule has 0 bridgehead atoms. The predicted molar refractivity (Wildman–Crippen MR) is 61.9 cm³/mol. The smallest absolute Gasteiger partial charge is 0.0707 e. The summed E-state index contributed by atoms with van der Waals surface area (Å²) in [5.41, 5.74) is 0. The van der Waals surface area contributed by atoms with Gasteiger partial charge in [0, 0.05) is 0 Å². The van der Waals surface area contributed by atoms with E-state index in [0.29, 0.717) is 5.92 Å². The van der Waals surface area contributed by atoms with Crippen molar-refractivity contribution in [3.8, 4) is 0 Å². The molecule has 0 radical (unpaired) electrons.